The van der Waals surface area contributed by atoms with Gasteiger partial charge in [-0.15, -0.1) is 12.4 Å². The van der Waals surface area contributed by atoms with Gasteiger partial charge in [0, 0.05) is 17.7 Å². The van der Waals surface area contributed by atoms with E-state index in [-0.39, 0.29) is 19.0 Å². The van der Waals surface area contributed by atoms with Crippen LogP contribution in [0.3, 0.4) is 0 Å². The minimum absolute atomic E-state index is 0. The molecule has 0 unspecified atom stereocenters. The summed E-state index contributed by atoms with van der Waals surface area (Å²) in [6.45, 7) is 4.69. The number of hydrogen-bond acceptors (Lipinski definition) is 5. The van der Waals surface area contributed by atoms with Crippen LogP contribution in [-0.2, 0) is 11.3 Å². The predicted octanol–water partition coefficient (Wildman–Crippen LogP) is 5.63. The molecule has 0 fully saturated rings. The van der Waals surface area contributed by atoms with E-state index >= 15 is 0 Å². The molecule has 0 atom stereocenters. The fourth-order valence-corrected chi connectivity index (χ4v) is 3.84. The predicted molar refractivity (Wildman–Crippen MR) is 131 cm³/mol. The summed E-state index contributed by atoms with van der Waals surface area (Å²) >= 11 is 0. The van der Waals surface area contributed by atoms with E-state index in [1.54, 1.807) is 11.9 Å². The molecule has 0 radical (unpaired) electrons. The average molecular weight is 464 g/mol. The van der Waals surface area contributed by atoms with Crippen molar-refractivity contribution in [1.29, 1.82) is 0 Å². The molecule has 3 aromatic carbocycles. The Morgan fingerprint density at radius 1 is 0.939 bits per heavy atom. The van der Waals surface area contributed by atoms with E-state index in [4.69, 9.17) is 9.63 Å². The zero-order valence-electron chi connectivity index (χ0n) is 18.8. The lowest BCUT2D eigenvalue weighted by molar-refractivity contribution is -0.138. The Hall–Kier alpha value is -3.48. The summed E-state index contributed by atoms with van der Waals surface area (Å²) < 4.78 is 5.55. The maximum Gasteiger partial charge on any atom is 0.317 e. The number of carbonyl (C=O) groups is 1. The number of aromatic nitrogens is 2. The van der Waals surface area contributed by atoms with Crippen molar-refractivity contribution in [2.24, 2.45) is 0 Å². The van der Waals surface area contributed by atoms with Crippen LogP contribution in [0.4, 0.5) is 0 Å². The Labute approximate surface area is 199 Å². The molecule has 170 valence electrons. The third kappa shape index (κ3) is 5.66. The van der Waals surface area contributed by atoms with Gasteiger partial charge in [0.1, 0.15) is 0 Å². The Kier molecular flexibility index (Phi) is 7.63. The van der Waals surface area contributed by atoms with Crippen molar-refractivity contribution in [2.45, 2.75) is 20.4 Å². The quantitative estimate of drug-likeness (QED) is 0.383. The van der Waals surface area contributed by atoms with Gasteiger partial charge in [0.2, 0.25) is 5.82 Å². The summed E-state index contributed by atoms with van der Waals surface area (Å²) in [4.78, 5) is 17.2. The van der Waals surface area contributed by atoms with Crippen molar-refractivity contribution in [3.8, 4) is 34.0 Å². The minimum atomic E-state index is -0.852. The summed E-state index contributed by atoms with van der Waals surface area (Å²) in [5.41, 5.74) is 7.45. The second-order valence-electron chi connectivity index (χ2n) is 8.03. The summed E-state index contributed by atoms with van der Waals surface area (Å²) in [5.74, 6) is 0.117. The summed E-state index contributed by atoms with van der Waals surface area (Å²) in [6.07, 6.45) is 0. The smallest absolute Gasteiger partial charge is 0.317 e. The summed E-state index contributed by atoms with van der Waals surface area (Å²) in [6, 6.07) is 22.2. The van der Waals surface area contributed by atoms with Crippen LogP contribution in [0.15, 0.2) is 71.3 Å². The standard InChI is InChI=1S/C26H25N3O3.ClH/c1-17-7-4-5-10-22(17)23-12-11-21(13-18(23)2)26-27-25(28-32-26)20-9-6-8-19(14-20)15-29(3)16-24(30)31;/h4-14H,15-16H2,1-3H3,(H,30,31);1H. The van der Waals surface area contributed by atoms with Crippen molar-refractivity contribution >= 4 is 18.4 Å². The molecule has 0 aliphatic carbocycles. The Bertz CT molecular complexity index is 1270. The van der Waals surface area contributed by atoms with Crippen LogP contribution in [0.2, 0.25) is 0 Å². The molecule has 7 heteroatoms. The monoisotopic (exact) mass is 463 g/mol. The first-order valence-electron chi connectivity index (χ1n) is 10.4. The minimum Gasteiger partial charge on any atom is -0.480 e. The number of aryl methyl sites for hydroxylation is 2. The fraction of sp³-hybridized carbons (Fsp3) is 0.192. The van der Waals surface area contributed by atoms with Crippen LogP contribution in [0.5, 0.6) is 0 Å². The topological polar surface area (TPSA) is 79.5 Å². The number of likely N-dealkylation sites (N-methyl/N-ethyl adjacent to an activating group) is 1. The van der Waals surface area contributed by atoms with E-state index < -0.39 is 5.97 Å². The van der Waals surface area contributed by atoms with Crippen LogP contribution in [0, 0.1) is 13.8 Å². The Morgan fingerprint density at radius 2 is 1.70 bits per heavy atom. The van der Waals surface area contributed by atoms with Gasteiger partial charge in [-0.2, -0.15) is 4.98 Å². The van der Waals surface area contributed by atoms with Crippen LogP contribution < -0.4 is 0 Å². The lowest BCUT2D eigenvalue weighted by Crippen LogP contribution is -2.25. The molecular weight excluding hydrogens is 438 g/mol. The summed E-state index contributed by atoms with van der Waals surface area (Å²) in [7, 11) is 1.77. The lowest BCUT2D eigenvalue weighted by Gasteiger charge is -2.14. The van der Waals surface area contributed by atoms with Gasteiger partial charge in [0.15, 0.2) is 0 Å². The molecule has 4 rings (SSSR count). The molecule has 6 nitrogen and oxygen atoms in total. The molecule has 1 aromatic heterocycles. The first-order chi connectivity index (χ1) is 15.4. The van der Waals surface area contributed by atoms with E-state index in [0.29, 0.717) is 18.3 Å². The maximum atomic E-state index is 10.9. The van der Waals surface area contributed by atoms with E-state index in [2.05, 4.69) is 48.3 Å². The summed E-state index contributed by atoms with van der Waals surface area (Å²) in [5, 5.41) is 13.1. The Balaban J connectivity index is 0.00000306. The molecule has 0 amide bonds. The maximum absolute atomic E-state index is 10.9. The molecule has 4 aromatic rings. The van der Waals surface area contributed by atoms with Gasteiger partial charge in [-0.3, -0.25) is 9.69 Å². The van der Waals surface area contributed by atoms with Crippen LogP contribution >= 0.6 is 12.4 Å². The second-order valence-corrected chi connectivity index (χ2v) is 8.03. The lowest BCUT2D eigenvalue weighted by atomic mass is 9.95. The number of carboxylic acids is 1. The molecule has 0 aliphatic heterocycles. The number of benzene rings is 3. The first kappa shape index (κ1) is 24.2. The van der Waals surface area contributed by atoms with Gasteiger partial charge in [-0.05, 0) is 66.9 Å². The van der Waals surface area contributed by atoms with Gasteiger partial charge in [-0.25, -0.2) is 0 Å². The highest BCUT2D eigenvalue weighted by atomic mass is 35.5. The molecule has 1 N–H and O–H groups in total. The van der Waals surface area contributed by atoms with Crippen molar-refractivity contribution in [3.63, 3.8) is 0 Å². The fourth-order valence-electron chi connectivity index (χ4n) is 3.84. The molecule has 33 heavy (non-hydrogen) atoms. The number of nitrogens with zero attached hydrogens (tertiary/aromatic N) is 3. The molecule has 0 saturated heterocycles. The number of halogens is 1. The van der Waals surface area contributed by atoms with Crippen molar-refractivity contribution in [2.75, 3.05) is 13.6 Å². The van der Waals surface area contributed by atoms with Crippen LogP contribution in [0.1, 0.15) is 16.7 Å². The van der Waals surface area contributed by atoms with E-state index in [1.165, 1.54) is 16.7 Å². The van der Waals surface area contributed by atoms with E-state index in [9.17, 15) is 4.79 Å². The van der Waals surface area contributed by atoms with Crippen molar-refractivity contribution in [1.82, 2.24) is 15.0 Å². The molecule has 0 saturated carbocycles. The zero-order chi connectivity index (χ0) is 22.7. The molecule has 0 bridgehead atoms. The SMILES string of the molecule is Cc1ccccc1-c1ccc(-c2nc(-c3cccc(CN(C)CC(=O)O)c3)no2)cc1C.Cl. The highest BCUT2D eigenvalue weighted by Gasteiger charge is 2.14. The molecule has 1 heterocycles. The van der Waals surface area contributed by atoms with Gasteiger partial charge in [0.25, 0.3) is 5.89 Å². The van der Waals surface area contributed by atoms with E-state index in [1.807, 2.05) is 42.5 Å². The number of rotatable bonds is 7. The Morgan fingerprint density at radius 3 is 2.42 bits per heavy atom. The third-order valence-electron chi connectivity index (χ3n) is 5.38. The number of aliphatic carboxylic acids is 1. The van der Waals surface area contributed by atoms with E-state index in [0.717, 1.165) is 22.3 Å². The van der Waals surface area contributed by atoms with Crippen LogP contribution in [-0.4, -0.2) is 39.7 Å². The first-order valence-corrected chi connectivity index (χ1v) is 10.4. The number of carboxylic acid groups (broad SMARTS) is 1. The number of hydrogen-bond donors (Lipinski definition) is 1. The third-order valence-corrected chi connectivity index (χ3v) is 5.38. The van der Waals surface area contributed by atoms with Crippen LogP contribution in [0.25, 0.3) is 34.0 Å². The van der Waals surface area contributed by atoms with Crippen molar-refractivity contribution in [3.05, 3.63) is 83.4 Å². The highest BCUT2D eigenvalue weighted by Crippen LogP contribution is 2.30. The highest BCUT2D eigenvalue weighted by molar-refractivity contribution is 5.85. The van der Waals surface area contributed by atoms with Gasteiger partial charge in [-0.1, -0.05) is 53.7 Å². The largest absolute Gasteiger partial charge is 0.480 e. The van der Waals surface area contributed by atoms with Gasteiger partial charge < -0.3 is 9.63 Å². The molecular formula is C26H26ClN3O3. The van der Waals surface area contributed by atoms with Gasteiger partial charge >= 0.3 is 5.97 Å². The van der Waals surface area contributed by atoms with Gasteiger partial charge in [0.05, 0.1) is 6.54 Å². The molecule has 0 aliphatic rings. The second kappa shape index (κ2) is 10.4. The average Bonchev–Trinajstić information content (AvgIpc) is 3.24. The van der Waals surface area contributed by atoms with Crippen molar-refractivity contribution < 1.29 is 14.4 Å². The molecule has 0 spiro atoms. The normalized spacial score (nSPS) is 10.8. The zero-order valence-corrected chi connectivity index (χ0v) is 19.6.